The lowest BCUT2D eigenvalue weighted by atomic mass is 9.91. The first-order valence-electron chi connectivity index (χ1n) is 8.65. The van der Waals surface area contributed by atoms with Crippen LogP contribution in [0.15, 0.2) is 30.3 Å². The third kappa shape index (κ3) is 3.90. The molecule has 3 rings (SSSR count). The molecular weight excluding hydrogens is 316 g/mol. The molecule has 0 fully saturated rings. The molecule has 25 heavy (non-hydrogen) atoms. The number of nitrogens with zero attached hydrogens (tertiary/aromatic N) is 4. The van der Waals surface area contributed by atoms with E-state index < -0.39 is 5.41 Å². The van der Waals surface area contributed by atoms with Crippen LogP contribution >= 0.6 is 0 Å². The third-order valence-corrected chi connectivity index (χ3v) is 4.47. The number of fused-ring (bicyclic) bond motifs is 1. The molecule has 0 bridgehead atoms. The average molecular weight is 342 g/mol. The molecule has 0 spiro atoms. The lowest BCUT2D eigenvalue weighted by molar-refractivity contribution is -0.141. The van der Waals surface area contributed by atoms with Gasteiger partial charge < -0.3 is 9.64 Å². The van der Waals surface area contributed by atoms with Crippen molar-refractivity contribution in [2.24, 2.45) is 12.5 Å². The monoisotopic (exact) mass is 342 g/mol. The molecular formula is C19H26N4O2. The maximum atomic E-state index is 12.7. The second-order valence-corrected chi connectivity index (χ2v) is 7.68. The van der Waals surface area contributed by atoms with Crippen molar-refractivity contribution in [1.82, 2.24) is 19.9 Å². The molecule has 1 amide bonds. The minimum absolute atomic E-state index is 0.0822. The summed E-state index contributed by atoms with van der Waals surface area (Å²) in [5, 5.41) is 8.39. The third-order valence-electron chi connectivity index (χ3n) is 4.47. The van der Waals surface area contributed by atoms with E-state index in [1.54, 1.807) is 0 Å². The normalized spacial score (nSPS) is 17.4. The SMILES string of the molecule is Cn1nnc2c1[C@@H](COCc1ccccc1)CN(C(=O)C(C)(C)C)C2. The van der Waals surface area contributed by atoms with E-state index in [0.29, 0.717) is 26.3 Å². The Bertz CT molecular complexity index is 734. The number of rotatable bonds is 4. The van der Waals surface area contributed by atoms with Gasteiger partial charge in [-0.25, -0.2) is 0 Å². The van der Waals surface area contributed by atoms with Gasteiger partial charge in [0.25, 0.3) is 0 Å². The first-order chi connectivity index (χ1) is 11.9. The summed E-state index contributed by atoms with van der Waals surface area (Å²) in [6, 6.07) is 10.1. The van der Waals surface area contributed by atoms with E-state index in [0.717, 1.165) is 17.0 Å². The van der Waals surface area contributed by atoms with Crippen molar-refractivity contribution in [3.63, 3.8) is 0 Å². The van der Waals surface area contributed by atoms with Gasteiger partial charge in [0.1, 0.15) is 5.69 Å². The summed E-state index contributed by atoms with van der Waals surface area (Å²) in [7, 11) is 1.90. The Morgan fingerprint density at radius 1 is 1.28 bits per heavy atom. The van der Waals surface area contributed by atoms with Crippen LogP contribution in [-0.4, -0.2) is 39.0 Å². The summed E-state index contributed by atoms with van der Waals surface area (Å²) in [5.74, 6) is 0.218. The van der Waals surface area contributed by atoms with Crippen LogP contribution in [0, 0.1) is 5.41 Å². The molecule has 134 valence electrons. The van der Waals surface area contributed by atoms with Gasteiger partial charge in [-0.2, -0.15) is 0 Å². The van der Waals surface area contributed by atoms with Crippen LogP contribution in [0.2, 0.25) is 0 Å². The number of ether oxygens (including phenoxy) is 1. The highest BCUT2D eigenvalue weighted by molar-refractivity contribution is 5.81. The van der Waals surface area contributed by atoms with Gasteiger partial charge >= 0.3 is 0 Å². The van der Waals surface area contributed by atoms with Crippen LogP contribution in [0.1, 0.15) is 43.6 Å². The zero-order chi connectivity index (χ0) is 18.0. The Hall–Kier alpha value is -2.21. The van der Waals surface area contributed by atoms with E-state index in [1.807, 2.05) is 67.7 Å². The van der Waals surface area contributed by atoms with Crippen LogP contribution in [-0.2, 0) is 29.7 Å². The molecule has 0 saturated heterocycles. The smallest absolute Gasteiger partial charge is 0.228 e. The molecule has 6 heteroatoms. The summed E-state index contributed by atoms with van der Waals surface area (Å²) in [4.78, 5) is 14.6. The van der Waals surface area contributed by atoms with Crippen molar-refractivity contribution < 1.29 is 9.53 Å². The predicted octanol–water partition coefficient (Wildman–Crippen LogP) is 2.50. The second kappa shape index (κ2) is 6.96. The zero-order valence-corrected chi connectivity index (χ0v) is 15.4. The highest BCUT2D eigenvalue weighted by Crippen LogP contribution is 2.30. The number of aromatic nitrogens is 3. The Morgan fingerprint density at radius 3 is 2.68 bits per heavy atom. The topological polar surface area (TPSA) is 60.2 Å². The largest absolute Gasteiger partial charge is 0.376 e. The van der Waals surface area contributed by atoms with E-state index in [2.05, 4.69) is 10.3 Å². The van der Waals surface area contributed by atoms with Crippen molar-refractivity contribution in [2.75, 3.05) is 13.2 Å². The molecule has 2 aromatic rings. The van der Waals surface area contributed by atoms with E-state index in [1.165, 1.54) is 0 Å². The zero-order valence-electron chi connectivity index (χ0n) is 15.4. The summed E-state index contributed by atoms with van der Waals surface area (Å²) in [6.45, 7) is 8.10. The molecule has 0 radical (unpaired) electrons. The first kappa shape index (κ1) is 17.6. The molecule has 0 N–H and O–H groups in total. The van der Waals surface area contributed by atoms with Crippen LogP contribution in [0.4, 0.5) is 0 Å². The minimum Gasteiger partial charge on any atom is -0.376 e. The van der Waals surface area contributed by atoms with Gasteiger partial charge in [0.2, 0.25) is 5.91 Å². The average Bonchev–Trinajstić information content (AvgIpc) is 2.95. The number of amides is 1. The molecule has 1 aromatic carbocycles. The number of hydrogen-bond donors (Lipinski definition) is 0. The van der Waals surface area contributed by atoms with Crippen LogP contribution in [0.3, 0.4) is 0 Å². The molecule has 0 unspecified atom stereocenters. The fraction of sp³-hybridized carbons (Fsp3) is 0.526. The number of benzene rings is 1. The molecule has 1 aliphatic heterocycles. The Kier molecular flexibility index (Phi) is 4.90. The van der Waals surface area contributed by atoms with E-state index in [-0.39, 0.29) is 11.8 Å². The fourth-order valence-corrected chi connectivity index (χ4v) is 3.27. The van der Waals surface area contributed by atoms with Crippen LogP contribution < -0.4 is 0 Å². The quantitative estimate of drug-likeness (QED) is 0.856. The van der Waals surface area contributed by atoms with Gasteiger partial charge in [-0.3, -0.25) is 9.48 Å². The number of carbonyl (C=O) groups is 1. The molecule has 0 aliphatic carbocycles. The van der Waals surface area contributed by atoms with E-state index >= 15 is 0 Å². The summed E-state index contributed by atoms with van der Waals surface area (Å²) in [5.41, 5.74) is 2.68. The van der Waals surface area contributed by atoms with Gasteiger partial charge in [0, 0.05) is 24.9 Å². The summed E-state index contributed by atoms with van der Waals surface area (Å²) >= 11 is 0. The van der Waals surface area contributed by atoms with Gasteiger partial charge in [-0.05, 0) is 5.56 Å². The number of hydrogen-bond acceptors (Lipinski definition) is 4. The van der Waals surface area contributed by atoms with Crippen LogP contribution in [0.5, 0.6) is 0 Å². The lowest BCUT2D eigenvalue weighted by Gasteiger charge is -2.35. The number of carbonyl (C=O) groups excluding carboxylic acids is 1. The van der Waals surface area contributed by atoms with Crippen molar-refractivity contribution in [2.45, 2.75) is 39.8 Å². The highest BCUT2D eigenvalue weighted by Gasteiger charge is 2.36. The van der Waals surface area contributed by atoms with Crippen molar-refractivity contribution in [3.05, 3.63) is 47.3 Å². The molecule has 1 aromatic heterocycles. The molecule has 1 aliphatic rings. The van der Waals surface area contributed by atoms with E-state index in [4.69, 9.17) is 4.74 Å². The van der Waals surface area contributed by atoms with Crippen LogP contribution in [0.25, 0.3) is 0 Å². The van der Waals surface area contributed by atoms with Gasteiger partial charge in [0.05, 0.1) is 25.5 Å². The van der Waals surface area contributed by atoms with Gasteiger partial charge in [0.15, 0.2) is 0 Å². The standard InChI is InChI=1S/C19H26N4O2/c1-19(2,3)18(24)23-10-15(17-16(11-23)20-21-22(17)4)13-25-12-14-8-6-5-7-9-14/h5-9,15H,10-13H2,1-4H3/t15-/m1/s1. The van der Waals surface area contributed by atoms with E-state index in [9.17, 15) is 4.79 Å². The molecule has 2 heterocycles. The molecule has 1 atom stereocenters. The summed E-state index contributed by atoms with van der Waals surface area (Å²) in [6.07, 6.45) is 0. The van der Waals surface area contributed by atoms with Crippen molar-refractivity contribution in [1.29, 1.82) is 0 Å². The molecule has 0 saturated carbocycles. The minimum atomic E-state index is -0.408. The fourth-order valence-electron chi connectivity index (χ4n) is 3.27. The van der Waals surface area contributed by atoms with Crippen molar-refractivity contribution >= 4 is 5.91 Å². The maximum Gasteiger partial charge on any atom is 0.228 e. The van der Waals surface area contributed by atoms with Crippen molar-refractivity contribution in [3.8, 4) is 0 Å². The predicted molar refractivity (Wildman–Crippen MR) is 94.7 cm³/mol. The van der Waals surface area contributed by atoms with Gasteiger partial charge in [-0.15, -0.1) is 5.10 Å². The lowest BCUT2D eigenvalue weighted by Crippen LogP contribution is -2.45. The Balaban J connectivity index is 1.72. The molecule has 6 nitrogen and oxygen atoms in total. The first-order valence-corrected chi connectivity index (χ1v) is 8.65. The maximum absolute atomic E-state index is 12.7. The Labute approximate surface area is 148 Å². The Morgan fingerprint density at radius 2 is 2.00 bits per heavy atom. The van der Waals surface area contributed by atoms with Gasteiger partial charge in [-0.1, -0.05) is 56.3 Å². The summed E-state index contributed by atoms with van der Waals surface area (Å²) < 4.78 is 7.76. The second-order valence-electron chi connectivity index (χ2n) is 7.68. The highest BCUT2D eigenvalue weighted by atomic mass is 16.5. The number of aryl methyl sites for hydroxylation is 1.